The molecule has 0 spiro atoms. The summed E-state index contributed by atoms with van der Waals surface area (Å²) in [5.41, 5.74) is 1.19. The van der Waals surface area contributed by atoms with Gasteiger partial charge >= 0.3 is 0 Å². The summed E-state index contributed by atoms with van der Waals surface area (Å²) in [5, 5.41) is 2.44. The lowest BCUT2D eigenvalue weighted by Gasteiger charge is -2.21. The standard InChI is InChI=1S/C20H17ClFN3O3/c21-17-10-15(3-4-18(17)22)24-19(26)11-20(27)25(13-16-2-1-9-28-16)12-14-5-7-23-8-6-14/h1-10H,11-13H2,(H,24,26). The number of nitrogens with zero attached hydrogens (tertiary/aromatic N) is 2. The number of amides is 2. The summed E-state index contributed by atoms with van der Waals surface area (Å²) in [6.07, 6.45) is 4.42. The van der Waals surface area contributed by atoms with E-state index in [0.717, 1.165) is 11.6 Å². The van der Waals surface area contributed by atoms with Crippen LogP contribution in [0.2, 0.25) is 5.02 Å². The van der Waals surface area contributed by atoms with Crippen LogP contribution in [-0.2, 0) is 22.7 Å². The molecule has 8 heteroatoms. The summed E-state index contributed by atoms with van der Waals surface area (Å²) in [7, 11) is 0. The molecule has 0 radical (unpaired) electrons. The molecule has 0 saturated heterocycles. The lowest BCUT2D eigenvalue weighted by Crippen LogP contribution is -2.33. The molecular formula is C20H17ClFN3O3. The third kappa shape index (κ3) is 5.40. The number of anilines is 1. The lowest BCUT2D eigenvalue weighted by molar-refractivity contribution is -0.135. The van der Waals surface area contributed by atoms with Crippen molar-refractivity contribution in [1.82, 2.24) is 9.88 Å². The Bertz CT molecular complexity index is 949. The molecule has 3 aromatic rings. The monoisotopic (exact) mass is 401 g/mol. The van der Waals surface area contributed by atoms with Crippen LogP contribution >= 0.6 is 11.6 Å². The van der Waals surface area contributed by atoms with Crippen molar-refractivity contribution in [2.75, 3.05) is 5.32 Å². The van der Waals surface area contributed by atoms with Crippen LogP contribution < -0.4 is 5.32 Å². The van der Waals surface area contributed by atoms with E-state index in [-0.39, 0.29) is 23.9 Å². The van der Waals surface area contributed by atoms with E-state index in [1.54, 1.807) is 36.7 Å². The number of aromatic nitrogens is 1. The minimum absolute atomic E-state index is 0.110. The Balaban J connectivity index is 1.67. The highest BCUT2D eigenvalue weighted by Gasteiger charge is 2.19. The van der Waals surface area contributed by atoms with Gasteiger partial charge in [0.05, 0.1) is 17.8 Å². The predicted octanol–water partition coefficient (Wildman–Crippen LogP) is 4.02. The Labute approximate surface area is 165 Å². The molecule has 0 saturated carbocycles. The maximum Gasteiger partial charge on any atom is 0.233 e. The van der Waals surface area contributed by atoms with Gasteiger partial charge in [-0.15, -0.1) is 0 Å². The molecule has 0 fully saturated rings. The van der Waals surface area contributed by atoms with E-state index in [9.17, 15) is 14.0 Å². The van der Waals surface area contributed by atoms with Gasteiger partial charge in [0.1, 0.15) is 18.0 Å². The number of benzene rings is 1. The third-order valence-corrected chi connectivity index (χ3v) is 4.21. The first-order chi connectivity index (χ1) is 13.5. The van der Waals surface area contributed by atoms with Crippen molar-refractivity contribution in [3.63, 3.8) is 0 Å². The summed E-state index contributed by atoms with van der Waals surface area (Å²) < 4.78 is 18.5. The van der Waals surface area contributed by atoms with Crippen molar-refractivity contribution in [1.29, 1.82) is 0 Å². The highest BCUT2D eigenvalue weighted by molar-refractivity contribution is 6.31. The van der Waals surface area contributed by atoms with Gasteiger partial charge in [-0.2, -0.15) is 0 Å². The molecule has 6 nitrogen and oxygen atoms in total. The van der Waals surface area contributed by atoms with Gasteiger partial charge < -0.3 is 14.6 Å². The Morgan fingerprint density at radius 2 is 1.93 bits per heavy atom. The number of furan rings is 1. The molecule has 3 rings (SSSR count). The van der Waals surface area contributed by atoms with Crippen LogP contribution in [-0.4, -0.2) is 21.7 Å². The number of carbonyl (C=O) groups excluding carboxylic acids is 2. The molecule has 1 aromatic carbocycles. The third-order valence-electron chi connectivity index (χ3n) is 3.92. The van der Waals surface area contributed by atoms with Gasteiger partial charge in [-0.25, -0.2) is 4.39 Å². The zero-order chi connectivity index (χ0) is 19.9. The molecule has 28 heavy (non-hydrogen) atoms. The second-order valence-corrected chi connectivity index (χ2v) is 6.45. The normalized spacial score (nSPS) is 10.5. The Morgan fingerprint density at radius 1 is 1.14 bits per heavy atom. The van der Waals surface area contributed by atoms with Crippen molar-refractivity contribution < 1.29 is 18.4 Å². The first-order valence-electron chi connectivity index (χ1n) is 8.45. The summed E-state index contributed by atoms with van der Waals surface area (Å²) in [6.45, 7) is 0.529. The lowest BCUT2D eigenvalue weighted by atomic mass is 10.2. The number of pyridine rings is 1. The van der Waals surface area contributed by atoms with Crippen molar-refractivity contribution in [2.24, 2.45) is 0 Å². The van der Waals surface area contributed by atoms with E-state index < -0.39 is 11.7 Å². The minimum atomic E-state index is -0.585. The smallest absolute Gasteiger partial charge is 0.233 e. The highest BCUT2D eigenvalue weighted by atomic mass is 35.5. The van der Waals surface area contributed by atoms with Gasteiger partial charge in [0, 0.05) is 24.6 Å². The van der Waals surface area contributed by atoms with Crippen LogP contribution in [0.5, 0.6) is 0 Å². The second-order valence-electron chi connectivity index (χ2n) is 6.04. The SMILES string of the molecule is O=C(CC(=O)N(Cc1ccncc1)Cc1ccco1)Nc1ccc(F)c(Cl)c1. The molecule has 0 aliphatic rings. The van der Waals surface area contributed by atoms with Crippen LogP contribution in [0.1, 0.15) is 17.7 Å². The molecule has 0 aliphatic heterocycles. The number of halogens is 2. The first kappa shape index (κ1) is 19.6. The maximum atomic E-state index is 13.2. The summed E-state index contributed by atoms with van der Waals surface area (Å²) in [6, 6.07) is 10.9. The number of hydrogen-bond acceptors (Lipinski definition) is 4. The van der Waals surface area contributed by atoms with E-state index in [1.807, 2.05) is 0 Å². The fraction of sp³-hybridized carbons (Fsp3) is 0.150. The molecular weight excluding hydrogens is 385 g/mol. The van der Waals surface area contributed by atoms with E-state index in [0.29, 0.717) is 18.0 Å². The Hall–Kier alpha value is -3.19. The zero-order valence-electron chi connectivity index (χ0n) is 14.8. The van der Waals surface area contributed by atoms with Gasteiger partial charge in [-0.1, -0.05) is 11.6 Å². The van der Waals surface area contributed by atoms with E-state index >= 15 is 0 Å². The predicted molar refractivity (Wildman–Crippen MR) is 102 cm³/mol. The molecule has 2 amide bonds. The van der Waals surface area contributed by atoms with Crippen LogP contribution in [0, 0.1) is 5.82 Å². The fourth-order valence-electron chi connectivity index (χ4n) is 2.56. The molecule has 0 unspecified atom stereocenters. The topological polar surface area (TPSA) is 75.4 Å². The van der Waals surface area contributed by atoms with Crippen molar-refractivity contribution in [3.05, 3.63) is 83.3 Å². The maximum absolute atomic E-state index is 13.2. The molecule has 0 atom stereocenters. The zero-order valence-corrected chi connectivity index (χ0v) is 15.5. The molecule has 2 aromatic heterocycles. The fourth-order valence-corrected chi connectivity index (χ4v) is 2.74. The highest BCUT2D eigenvalue weighted by Crippen LogP contribution is 2.19. The van der Waals surface area contributed by atoms with Crippen molar-refractivity contribution in [3.8, 4) is 0 Å². The molecule has 0 bridgehead atoms. The van der Waals surface area contributed by atoms with Crippen LogP contribution in [0.3, 0.4) is 0 Å². The average Bonchev–Trinajstić information content (AvgIpc) is 3.18. The first-order valence-corrected chi connectivity index (χ1v) is 8.83. The van der Waals surface area contributed by atoms with Crippen LogP contribution in [0.25, 0.3) is 0 Å². The van der Waals surface area contributed by atoms with E-state index in [1.165, 1.54) is 23.3 Å². The largest absolute Gasteiger partial charge is 0.467 e. The van der Waals surface area contributed by atoms with Gasteiger partial charge in [-0.05, 0) is 48.0 Å². The number of nitrogens with one attached hydrogen (secondary N) is 1. The van der Waals surface area contributed by atoms with Gasteiger partial charge in [-0.3, -0.25) is 14.6 Å². The van der Waals surface area contributed by atoms with E-state index in [2.05, 4.69) is 10.3 Å². The molecule has 1 N–H and O–H groups in total. The Morgan fingerprint density at radius 3 is 2.61 bits per heavy atom. The van der Waals surface area contributed by atoms with Crippen molar-refractivity contribution >= 4 is 29.1 Å². The quantitative estimate of drug-likeness (QED) is 0.606. The summed E-state index contributed by atoms with van der Waals surface area (Å²) >= 11 is 5.71. The molecule has 0 aliphatic carbocycles. The minimum Gasteiger partial charge on any atom is -0.467 e. The summed E-state index contributed by atoms with van der Waals surface area (Å²) in [4.78, 5) is 30.4. The second kappa shape index (κ2) is 9.14. The van der Waals surface area contributed by atoms with Crippen LogP contribution in [0.4, 0.5) is 10.1 Å². The number of hydrogen-bond donors (Lipinski definition) is 1. The molecule has 2 heterocycles. The average molecular weight is 402 g/mol. The van der Waals surface area contributed by atoms with Crippen molar-refractivity contribution in [2.45, 2.75) is 19.5 Å². The van der Waals surface area contributed by atoms with Gasteiger partial charge in [0.2, 0.25) is 11.8 Å². The van der Waals surface area contributed by atoms with Crippen LogP contribution in [0.15, 0.2) is 65.5 Å². The van der Waals surface area contributed by atoms with E-state index in [4.69, 9.17) is 16.0 Å². The molecule has 144 valence electrons. The number of rotatable bonds is 7. The summed E-state index contributed by atoms with van der Waals surface area (Å²) in [5.74, 6) is -0.878. The van der Waals surface area contributed by atoms with Gasteiger partial charge in [0.25, 0.3) is 0 Å². The number of carbonyl (C=O) groups is 2. The Kier molecular flexibility index (Phi) is 6.39. The van der Waals surface area contributed by atoms with Gasteiger partial charge in [0.15, 0.2) is 0 Å².